The lowest BCUT2D eigenvalue weighted by molar-refractivity contribution is 0.181. The van der Waals surface area contributed by atoms with Crippen molar-refractivity contribution in [2.75, 3.05) is 26.2 Å². The van der Waals surface area contributed by atoms with E-state index < -0.39 is 10.0 Å². The summed E-state index contributed by atoms with van der Waals surface area (Å²) in [6, 6.07) is 16.1. The standard InChI is InChI=1S/C27H30ClN5O4S/c1-3-32-24-17-23(29-25(24)26(34)33(4-2)27(32)35)20-7-11-22(12-8-20)38(36,37)31-15-13-30(14-16-31)18-19-5-9-21(28)10-6-19/h5-12,17,29H,3-4,13-16,18H2,1-2H3. The molecule has 0 spiro atoms. The highest BCUT2D eigenvalue weighted by Crippen LogP contribution is 2.25. The number of H-pyrrole nitrogens is 1. The van der Waals surface area contributed by atoms with Crippen LogP contribution in [0.2, 0.25) is 5.02 Å². The molecule has 0 amide bonds. The van der Waals surface area contributed by atoms with Crippen molar-refractivity contribution in [3.05, 3.63) is 86.0 Å². The van der Waals surface area contributed by atoms with Gasteiger partial charge in [-0.3, -0.25) is 18.8 Å². The molecule has 9 nitrogen and oxygen atoms in total. The van der Waals surface area contributed by atoms with Crippen LogP contribution < -0.4 is 11.2 Å². The second kappa shape index (κ2) is 10.5. The second-order valence-corrected chi connectivity index (χ2v) is 11.7. The third kappa shape index (κ3) is 4.84. The maximum atomic E-state index is 13.3. The molecule has 0 unspecified atom stereocenters. The number of sulfonamides is 1. The molecule has 0 saturated carbocycles. The number of benzene rings is 2. The Kier molecular flexibility index (Phi) is 7.32. The summed E-state index contributed by atoms with van der Waals surface area (Å²) in [5.74, 6) is 0. The number of fused-ring (bicyclic) bond motifs is 1. The minimum atomic E-state index is -3.64. The van der Waals surface area contributed by atoms with E-state index in [2.05, 4.69) is 9.88 Å². The molecular weight excluding hydrogens is 526 g/mol. The Balaban J connectivity index is 1.33. The SMILES string of the molecule is CCn1c(=O)c2[nH]c(-c3ccc(S(=O)(=O)N4CCN(Cc5ccc(Cl)cc5)CC4)cc3)cc2n(CC)c1=O. The van der Waals surface area contributed by atoms with Crippen LogP contribution in [0.3, 0.4) is 0 Å². The fraction of sp³-hybridized carbons (Fsp3) is 0.333. The fourth-order valence-electron chi connectivity index (χ4n) is 4.96. The second-order valence-electron chi connectivity index (χ2n) is 9.35. The van der Waals surface area contributed by atoms with Crippen LogP contribution in [-0.2, 0) is 29.7 Å². The van der Waals surface area contributed by atoms with Crippen molar-refractivity contribution >= 4 is 32.7 Å². The van der Waals surface area contributed by atoms with E-state index in [0.717, 1.165) is 17.7 Å². The summed E-state index contributed by atoms with van der Waals surface area (Å²) in [6.07, 6.45) is 0. The summed E-state index contributed by atoms with van der Waals surface area (Å²) in [6.45, 7) is 7.19. The summed E-state index contributed by atoms with van der Waals surface area (Å²) in [5.41, 5.74) is 2.71. The predicted octanol–water partition coefficient (Wildman–Crippen LogP) is 3.36. The molecular formula is C27H30ClN5O4S. The molecule has 0 atom stereocenters. The van der Waals surface area contributed by atoms with Gasteiger partial charge in [-0.05, 0) is 55.3 Å². The maximum absolute atomic E-state index is 13.3. The molecule has 1 fully saturated rings. The van der Waals surface area contributed by atoms with Crippen LogP contribution in [0.25, 0.3) is 22.3 Å². The van der Waals surface area contributed by atoms with Gasteiger partial charge in [0, 0.05) is 56.5 Å². The average molecular weight is 556 g/mol. The molecule has 200 valence electrons. The summed E-state index contributed by atoms with van der Waals surface area (Å²) in [4.78, 5) is 31.1. The third-order valence-electron chi connectivity index (χ3n) is 7.09. The molecule has 1 N–H and O–H groups in total. The first kappa shape index (κ1) is 26.4. The first-order chi connectivity index (χ1) is 18.2. The van der Waals surface area contributed by atoms with Crippen molar-refractivity contribution in [1.82, 2.24) is 23.3 Å². The number of halogens is 1. The van der Waals surface area contributed by atoms with Crippen molar-refractivity contribution in [3.8, 4) is 11.3 Å². The number of piperazine rings is 1. The van der Waals surface area contributed by atoms with Gasteiger partial charge in [0.25, 0.3) is 5.56 Å². The molecule has 11 heteroatoms. The smallest absolute Gasteiger partial charge is 0.331 e. The van der Waals surface area contributed by atoms with Crippen LogP contribution >= 0.6 is 11.6 Å². The molecule has 5 rings (SSSR count). The molecule has 3 heterocycles. The molecule has 2 aromatic heterocycles. The first-order valence-electron chi connectivity index (χ1n) is 12.7. The lowest BCUT2D eigenvalue weighted by Gasteiger charge is -2.34. The lowest BCUT2D eigenvalue weighted by atomic mass is 10.1. The van der Waals surface area contributed by atoms with Gasteiger partial charge in [-0.25, -0.2) is 13.2 Å². The number of hydrogen-bond acceptors (Lipinski definition) is 5. The van der Waals surface area contributed by atoms with Gasteiger partial charge in [0.2, 0.25) is 10.0 Å². The number of aryl methyl sites for hydroxylation is 1. The number of rotatable bonds is 7. The summed E-state index contributed by atoms with van der Waals surface area (Å²) in [5, 5.41) is 0.696. The molecule has 0 bridgehead atoms. The van der Waals surface area contributed by atoms with Crippen molar-refractivity contribution in [3.63, 3.8) is 0 Å². The normalized spacial score (nSPS) is 15.3. The van der Waals surface area contributed by atoms with Gasteiger partial charge in [-0.1, -0.05) is 35.9 Å². The summed E-state index contributed by atoms with van der Waals surface area (Å²) >= 11 is 5.97. The van der Waals surface area contributed by atoms with E-state index in [4.69, 9.17) is 11.6 Å². The number of nitrogens with one attached hydrogen (secondary N) is 1. The molecule has 1 aliphatic rings. The van der Waals surface area contributed by atoms with Gasteiger partial charge in [0.1, 0.15) is 5.52 Å². The molecule has 1 saturated heterocycles. The van der Waals surface area contributed by atoms with E-state index in [0.29, 0.717) is 54.5 Å². The van der Waals surface area contributed by atoms with Crippen LogP contribution in [0.4, 0.5) is 0 Å². The summed E-state index contributed by atoms with van der Waals surface area (Å²) in [7, 11) is -3.64. The van der Waals surface area contributed by atoms with Crippen LogP contribution in [0.1, 0.15) is 19.4 Å². The fourth-order valence-corrected chi connectivity index (χ4v) is 6.51. The molecule has 38 heavy (non-hydrogen) atoms. The minimum absolute atomic E-state index is 0.224. The Morgan fingerprint density at radius 2 is 1.50 bits per heavy atom. The third-order valence-corrected chi connectivity index (χ3v) is 9.26. The highest BCUT2D eigenvalue weighted by atomic mass is 35.5. The minimum Gasteiger partial charge on any atom is -0.349 e. The van der Waals surface area contributed by atoms with Crippen molar-refractivity contribution < 1.29 is 8.42 Å². The number of aromatic nitrogens is 3. The Hall–Kier alpha value is -3.18. The Bertz CT molecular complexity index is 1680. The van der Waals surface area contributed by atoms with Crippen LogP contribution in [0, 0.1) is 0 Å². The highest BCUT2D eigenvalue weighted by molar-refractivity contribution is 7.89. The van der Waals surface area contributed by atoms with Gasteiger partial charge in [0.15, 0.2) is 0 Å². The van der Waals surface area contributed by atoms with Gasteiger partial charge >= 0.3 is 5.69 Å². The van der Waals surface area contributed by atoms with Crippen LogP contribution in [0.15, 0.2) is 69.1 Å². The summed E-state index contributed by atoms with van der Waals surface area (Å²) < 4.78 is 30.9. The topological polar surface area (TPSA) is 100 Å². The molecule has 4 aromatic rings. The largest absolute Gasteiger partial charge is 0.349 e. The zero-order valence-corrected chi connectivity index (χ0v) is 22.9. The number of hydrogen-bond donors (Lipinski definition) is 1. The average Bonchev–Trinajstić information content (AvgIpc) is 3.37. The zero-order valence-electron chi connectivity index (χ0n) is 21.4. The molecule has 1 aliphatic heterocycles. The number of aromatic amines is 1. The van der Waals surface area contributed by atoms with Gasteiger partial charge in [-0.15, -0.1) is 0 Å². The van der Waals surface area contributed by atoms with Crippen molar-refractivity contribution in [2.24, 2.45) is 0 Å². The zero-order chi connectivity index (χ0) is 27.0. The van der Waals surface area contributed by atoms with E-state index in [1.165, 1.54) is 8.87 Å². The predicted molar refractivity (Wildman–Crippen MR) is 149 cm³/mol. The quantitative estimate of drug-likeness (QED) is 0.377. The highest BCUT2D eigenvalue weighted by Gasteiger charge is 2.28. The molecule has 0 aliphatic carbocycles. The maximum Gasteiger partial charge on any atom is 0.331 e. The Morgan fingerprint density at radius 1 is 0.868 bits per heavy atom. The van der Waals surface area contributed by atoms with Gasteiger partial charge in [-0.2, -0.15) is 4.31 Å². The lowest BCUT2D eigenvalue weighted by Crippen LogP contribution is -2.48. The van der Waals surface area contributed by atoms with E-state index in [9.17, 15) is 18.0 Å². The Labute approximate surface area is 225 Å². The van der Waals surface area contributed by atoms with Gasteiger partial charge < -0.3 is 4.98 Å². The van der Waals surface area contributed by atoms with Gasteiger partial charge in [0.05, 0.1) is 10.4 Å². The first-order valence-corrected chi connectivity index (χ1v) is 14.5. The van der Waals surface area contributed by atoms with Crippen molar-refractivity contribution in [1.29, 1.82) is 0 Å². The van der Waals surface area contributed by atoms with E-state index in [-0.39, 0.29) is 22.7 Å². The van der Waals surface area contributed by atoms with Crippen molar-refractivity contribution in [2.45, 2.75) is 38.4 Å². The van der Waals surface area contributed by atoms with E-state index in [1.807, 2.05) is 31.2 Å². The van der Waals surface area contributed by atoms with E-state index >= 15 is 0 Å². The van der Waals surface area contributed by atoms with Crippen LogP contribution in [-0.4, -0.2) is 57.9 Å². The number of nitrogens with zero attached hydrogens (tertiary/aromatic N) is 4. The molecule has 0 radical (unpaired) electrons. The Morgan fingerprint density at radius 3 is 2.11 bits per heavy atom. The van der Waals surface area contributed by atoms with Crippen LogP contribution in [0.5, 0.6) is 0 Å². The molecule has 2 aromatic carbocycles. The monoisotopic (exact) mass is 555 g/mol. The van der Waals surface area contributed by atoms with E-state index in [1.54, 1.807) is 41.8 Å².